The molecule has 9 aromatic carbocycles. The Morgan fingerprint density at radius 2 is 0.909 bits per heavy atom. The Hall–Kier alpha value is -7.52. The van der Waals surface area contributed by atoms with Crippen molar-refractivity contribution >= 4 is 50.2 Å². The van der Waals surface area contributed by atoms with Gasteiger partial charge in [-0.05, 0) is 135 Å². The zero-order valence-electron chi connectivity index (χ0n) is 29.7. The van der Waals surface area contributed by atoms with Crippen LogP contribution in [-0.4, -0.2) is 0 Å². The lowest BCUT2D eigenvalue weighted by molar-refractivity contribution is 0.768. The van der Waals surface area contributed by atoms with Gasteiger partial charge in [0, 0.05) is 0 Å². The number of hydrogen-bond acceptors (Lipinski definition) is 1. The maximum atomic E-state index is 9.57. The number of hydrogen-bond donors (Lipinski definition) is 0. The summed E-state index contributed by atoms with van der Waals surface area (Å²) in [5, 5.41) is 17.1. The molecule has 9 aromatic rings. The lowest BCUT2D eigenvalue weighted by Crippen LogP contribution is -2.30. The molecule has 0 heterocycles. The minimum absolute atomic E-state index is 0.632. The van der Waals surface area contributed by atoms with Gasteiger partial charge in [0.15, 0.2) is 5.69 Å². The normalized spacial score (nSPS) is 14.9. The minimum atomic E-state index is -0.671. The first-order valence-electron chi connectivity index (χ1n) is 18.6. The summed E-state index contributed by atoms with van der Waals surface area (Å²) < 4.78 is 0. The fourth-order valence-corrected chi connectivity index (χ4v) is 9.46. The maximum Gasteiger partial charge on any atom is 0.187 e. The van der Waals surface area contributed by atoms with E-state index in [1.165, 1.54) is 76.8 Å². The molecule has 1 atom stereocenters. The highest BCUT2D eigenvalue weighted by atomic mass is 14.6. The van der Waals surface area contributed by atoms with E-state index in [0.717, 1.165) is 22.3 Å². The maximum absolute atomic E-state index is 9.57. The summed E-state index contributed by atoms with van der Waals surface area (Å²) in [4.78, 5) is 3.65. The van der Waals surface area contributed by atoms with Crippen molar-refractivity contribution in [2.45, 2.75) is 5.41 Å². The third-order valence-corrected chi connectivity index (χ3v) is 11.9. The van der Waals surface area contributed by atoms with Gasteiger partial charge in [-0.1, -0.05) is 146 Å². The fourth-order valence-electron chi connectivity index (χ4n) is 9.46. The highest BCUT2D eigenvalue weighted by Crippen LogP contribution is 2.60. The Labute approximate surface area is 319 Å². The van der Waals surface area contributed by atoms with Crippen LogP contribution in [0.5, 0.6) is 0 Å². The SMILES string of the molecule is [C-]#[N+]c1ccc(-c2ccc3c(c2)C2(c4cc(-c5ccc(C#N)cc5)ccc4C=C3)c3ccccc3-c3cc4c5ccccc5c5ccccc5c4cc32)cc1. The molecule has 0 saturated heterocycles. The molecule has 11 rings (SSSR count). The molecule has 0 aliphatic heterocycles. The van der Waals surface area contributed by atoms with E-state index in [1.807, 2.05) is 24.3 Å². The number of nitrogens with zero attached hydrogens (tertiary/aromatic N) is 2. The van der Waals surface area contributed by atoms with Crippen LogP contribution in [0.4, 0.5) is 5.69 Å². The summed E-state index contributed by atoms with van der Waals surface area (Å²) in [6.07, 6.45) is 4.56. The first-order chi connectivity index (χ1) is 27.1. The molecule has 2 aliphatic rings. The number of rotatable bonds is 2. The average molecular weight is 695 g/mol. The van der Waals surface area contributed by atoms with Gasteiger partial charge >= 0.3 is 0 Å². The first kappa shape index (κ1) is 31.0. The van der Waals surface area contributed by atoms with E-state index < -0.39 is 5.41 Å². The van der Waals surface area contributed by atoms with Crippen LogP contribution >= 0.6 is 0 Å². The van der Waals surface area contributed by atoms with Crippen molar-refractivity contribution in [2.75, 3.05) is 0 Å². The van der Waals surface area contributed by atoms with Crippen molar-refractivity contribution in [1.29, 1.82) is 5.26 Å². The topological polar surface area (TPSA) is 28.1 Å². The van der Waals surface area contributed by atoms with Gasteiger partial charge < -0.3 is 0 Å². The molecule has 0 bridgehead atoms. The Bertz CT molecular complexity index is 3090. The summed E-state index contributed by atoms with van der Waals surface area (Å²) in [7, 11) is 0. The molecule has 0 aromatic heterocycles. The summed E-state index contributed by atoms with van der Waals surface area (Å²) in [6, 6.07) is 63.5. The van der Waals surface area contributed by atoms with Crippen molar-refractivity contribution in [3.05, 3.63) is 220 Å². The predicted molar refractivity (Wildman–Crippen MR) is 227 cm³/mol. The van der Waals surface area contributed by atoms with Crippen molar-refractivity contribution < 1.29 is 0 Å². The lowest BCUT2D eigenvalue weighted by atomic mass is 9.65. The van der Waals surface area contributed by atoms with E-state index in [4.69, 9.17) is 6.57 Å². The van der Waals surface area contributed by atoms with Crippen LogP contribution in [0, 0.1) is 17.9 Å². The minimum Gasteiger partial charge on any atom is -0.238 e. The second kappa shape index (κ2) is 11.7. The van der Waals surface area contributed by atoms with Gasteiger partial charge in [0.05, 0.1) is 23.6 Å². The molecule has 2 heteroatoms. The molecule has 1 unspecified atom stereocenters. The number of nitriles is 1. The molecule has 252 valence electrons. The third kappa shape index (κ3) is 4.41. The van der Waals surface area contributed by atoms with E-state index in [9.17, 15) is 5.26 Å². The van der Waals surface area contributed by atoms with Crippen molar-refractivity contribution in [1.82, 2.24) is 0 Å². The van der Waals surface area contributed by atoms with Crippen LogP contribution in [0.2, 0.25) is 0 Å². The van der Waals surface area contributed by atoms with E-state index in [2.05, 4.69) is 169 Å². The molecule has 55 heavy (non-hydrogen) atoms. The van der Waals surface area contributed by atoms with Crippen molar-refractivity contribution in [2.24, 2.45) is 0 Å². The van der Waals surface area contributed by atoms with Gasteiger partial charge in [-0.15, -0.1) is 0 Å². The Morgan fingerprint density at radius 3 is 1.47 bits per heavy atom. The highest BCUT2D eigenvalue weighted by Gasteiger charge is 2.49. The van der Waals surface area contributed by atoms with Gasteiger partial charge in [-0.25, -0.2) is 4.85 Å². The lowest BCUT2D eigenvalue weighted by Gasteiger charge is -2.36. The van der Waals surface area contributed by atoms with Gasteiger partial charge in [-0.3, -0.25) is 0 Å². The second-order valence-corrected chi connectivity index (χ2v) is 14.6. The Kier molecular flexibility index (Phi) is 6.63. The van der Waals surface area contributed by atoms with Crippen LogP contribution in [-0.2, 0) is 5.41 Å². The van der Waals surface area contributed by atoms with E-state index >= 15 is 0 Å². The number of fused-ring (bicyclic) bond motifs is 15. The zero-order valence-corrected chi connectivity index (χ0v) is 29.7. The van der Waals surface area contributed by atoms with Crippen molar-refractivity contribution in [3.8, 4) is 39.4 Å². The predicted octanol–water partition coefficient (Wildman–Crippen LogP) is 13.7. The summed E-state index contributed by atoms with van der Waals surface area (Å²) in [5.74, 6) is 0. The number of benzene rings is 9. The Morgan fingerprint density at radius 1 is 0.418 bits per heavy atom. The molecular weight excluding hydrogens is 665 g/mol. The molecule has 0 N–H and O–H groups in total. The van der Waals surface area contributed by atoms with Crippen LogP contribution < -0.4 is 0 Å². The first-order valence-corrected chi connectivity index (χ1v) is 18.6. The highest BCUT2D eigenvalue weighted by molar-refractivity contribution is 6.26. The largest absolute Gasteiger partial charge is 0.238 e. The average Bonchev–Trinajstić information content (AvgIpc) is 3.46. The molecule has 1 spiro atoms. The van der Waals surface area contributed by atoms with E-state index in [0.29, 0.717) is 11.3 Å². The molecule has 0 fully saturated rings. The summed E-state index contributed by atoms with van der Waals surface area (Å²) in [5.41, 5.74) is 14.8. The van der Waals surface area contributed by atoms with Gasteiger partial charge in [-0.2, -0.15) is 5.26 Å². The molecule has 0 saturated carbocycles. The molecule has 2 aliphatic carbocycles. The fraction of sp³-hybridized carbons (Fsp3) is 0.0189. The Balaban J connectivity index is 1.30. The molecular formula is C53H30N2. The quantitative estimate of drug-likeness (QED) is 0.131. The smallest absolute Gasteiger partial charge is 0.187 e. The van der Waals surface area contributed by atoms with Gasteiger partial charge in [0.2, 0.25) is 0 Å². The van der Waals surface area contributed by atoms with Crippen LogP contribution in [0.1, 0.15) is 38.9 Å². The van der Waals surface area contributed by atoms with Crippen molar-refractivity contribution in [3.63, 3.8) is 0 Å². The second-order valence-electron chi connectivity index (χ2n) is 14.6. The van der Waals surface area contributed by atoms with Crippen LogP contribution in [0.15, 0.2) is 170 Å². The van der Waals surface area contributed by atoms with Gasteiger partial charge in [0.25, 0.3) is 0 Å². The zero-order chi connectivity index (χ0) is 36.7. The van der Waals surface area contributed by atoms with E-state index in [-0.39, 0.29) is 0 Å². The summed E-state index contributed by atoms with van der Waals surface area (Å²) in [6.45, 7) is 7.54. The van der Waals surface area contributed by atoms with Crippen LogP contribution in [0.25, 0.3) is 82.7 Å². The molecule has 0 radical (unpaired) electrons. The van der Waals surface area contributed by atoms with E-state index in [1.54, 1.807) is 0 Å². The monoisotopic (exact) mass is 694 g/mol. The standard InChI is InChI=1S/C53H30N2/c1-55-40-26-24-35(25-27-40)39-23-21-37-19-18-36-20-22-38(34-16-14-33(32-54)15-17-34)28-50(36)53(51(37)29-39)49-13-7-6-12-45(49)48-30-46-43-10-4-2-8-41(43)42-9-3-5-11-44(42)47(46)31-52(48)53/h2-31H. The molecule has 2 nitrogen and oxygen atoms in total. The molecule has 0 amide bonds. The van der Waals surface area contributed by atoms with Crippen LogP contribution in [0.3, 0.4) is 0 Å². The third-order valence-electron chi connectivity index (χ3n) is 11.9. The summed E-state index contributed by atoms with van der Waals surface area (Å²) >= 11 is 0. The van der Waals surface area contributed by atoms with Gasteiger partial charge in [0.1, 0.15) is 0 Å².